The molecule has 1 aromatic carbocycles. The Kier molecular flexibility index (Phi) is 4.28. The summed E-state index contributed by atoms with van der Waals surface area (Å²) in [6, 6.07) is 8.77. The number of fused-ring (bicyclic) bond motifs is 1. The third-order valence-corrected chi connectivity index (χ3v) is 3.79. The molecule has 24 heavy (non-hydrogen) atoms. The number of nitrogens with one attached hydrogen (secondary N) is 2. The van der Waals surface area contributed by atoms with Gasteiger partial charge in [-0.25, -0.2) is 9.59 Å². The van der Waals surface area contributed by atoms with Crippen LogP contribution in [0, 0.1) is 0 Å². The quantitative estimate of drug-likeness (QED) is 0.758. The summed E-state index contributed by atoms with van der Waals surface area (Å²) in [6.45, 7) is 0.569. The van der Waals surface area contributed by atoms with Crippen molar-refractivity contribution in [2.45, 2.75) is 13.0 Å². The summed E-state index contributed by atoms with van der Waals surface area (Å²) in [7, 11) is 0. The molecule has 0 unspecified atom stereocenters. The van der Waals surface area contributed by atoms with Gasteiger partial charge in [0.1, 0.15) is 5.69 Å². The number of rotatable bonds is 3. The lowest BCUT2D eigenvalue weighted by Crippen LogP contribution is -2.38. The Morgan fingerprint density at radius 3 is 2.62 bits per heavy atom. The molecule has 0 bridgehead atoms. The Labute approximate surface area is 136 Å². The highest BCUT2D eigenvalue weighted by molar-refractivity contribution is 5.89. The van der Waals surface area contributed by atoms with Gasteiger partial charge >= 0.3 is 11.7 Å². The molecule has 124 valence electrons. The van der Waals surface area contributed by atoms with Crippen LogP contribution in [0.4, 0.5) is 0 Å². The molecular weight excluding hydrogens is 314 g/mol. The number of aromatic nitrogens is 2. The summed E-state index contributed by atoms with van der Waals surface area (Å²) in [6.07, 6.45) is 0.747. The number of hydrogen-bond donors (Lipinski definition) is 2. The van der Waals surface area contributed by atoms with Crippen molar-refractivity contribution in [2.75, 3.05) is 13.2 Å². The minimum atomic E-state index is -0.927. The van der Waals surface area contributed by atoms with E-state index in [0.29, 0.717) is 13.1 Å². The fourth-order valence-electron chi connectivity index (χ4n) is 2.58. The minimum Gasteiger partial charge on any atom is -0.451 e. The van der Waals surface area contributed by atoms with Crippen LogP contribution >= 0.6 is 0 Å². The van der Waals surface area contributed by atoms with E-state index in [1.54, 1.807) is 4.90 Å². The van der Waals surface area contributed by atoms with Crippen LogP contribution < -0.4 is 11.2 Å². The van der Waals surface area contributed by atoms with Crippen LogP contribution in [-0.4, -0.2) is 39.9 Å². The average molecular weight is 329 g/mol. The average Bonchev–Trinajstić information content (AvgIpc) is 2.58. The van der Waals surface area contributed by atoms with E-state index in [1.807, 2.05) is 29.2 Å². The van der Waals surface area contributed by atoms with Gasteiger partial charge in [0.25, 0.3) is 11.5 Å². The van der Waals surface area contributed by atoms with Crippen LogP contribution in [0.25, 0.3) is 0 Å². The van der Waals surface area contributed by atoms with Crippen molar-refractivity contribution in [3.8, 4) is 0 Å². The molecule has 0 saturated heterocycles. The molecule has 2 N–H and O–H groups in total. The number of aromatic amines is 2. The Morgan fingerprint density at radius 1 is 1.12 bits per heavy atom. The normalized spacial score (nSPS) is 13.2. The summed E-state index contributed by atoms with van der Waals surface area (Å²) in [5.41, 5.74) is 0.459. The third-order valence-electron chi connectivity index (χ3n) is 3.79. The molecule has 1 aliphatic rings. The summed E-state index contributed by atoms with van der Waals surface area (Å²) in [5.74, 6) is -1.26. The van der Waals surface area contributed by atoms with Crippen molar-refractivity contribution >= 4 is 11.9 Å². The zero-order chi connectivity index (χ0) is 17.1. The fraction of sp³-hybridized carbons (Fsp3) is 0.250. The SMILES string of the molecule is O=C(OCC(=O)N1CCc2ccccc2C1)c1cc(=O)[nH]c(=O)[nH]1. The molecule has 8 nitrogen and oxygen atoms in total. The van der Waals surface area contributed by atoms with E-state index < -0.39 is 23.8 Å². The molecule has 0 radical (unpaired) electrons. The molecule has 1 aliphatic heterocycles. The van der Waals surface area contributed by atoms with Gasteiger partial charge in [-0.05, 0) is 17.5 Å². The first kappa shape index (κ1) is 15.7. The highest BCUT2D eigenvalue weighted by Crippen LogP contribution is 2.18. The van der Waals surface area contributed by atoms with Crippen molar-refractivity contribution in [1.82, 2.24) is 14.9 Å². The van der Waals surface area contributed by atoms with E-state index >= 15 is 0 Å². The zero-order valence-electron chi connectivity index (χ0n) is 12.7. The number of hydrogen-bond acceptors (Lipinski definition) is 5. The summed E-state index contributed by atoms with van der Waals surface area (Å²) >= 11 is 0. The van der Waals surface area contributed by atoms with Crippen LogP contribution in [0.5, 0.6) is 0 Å². The van der Waals surface area contributed by atoms with Crippen molar-refractivity contribution in [1.29, 1.82) is 0 Å². The number of carbonyl (C=O) groups is 2. The van der Waals surface area contributed by atoms with Gasteiger partial charge in [-0.3, -0.25) is 14.6 Å². The topological polar surface area (TPSA) is 112 Å². The standard InChI is InChI=1S/C16H15N3O5/c20-13-7-12(17-16(23)18-13)15(22)24-9-14(21)19-6-5-10-3-1-2-4-11(10)8-19/h1-4,7H,5-6,8-9H2,(H2,17,18,20,23). The lowest BCUT2D eigenvalue weighted by molar-refractivity contribution is -0.135. The Morgan fingerprint density at radius 2 is 1.88 bits per heavy atom. The summed E-state index contributed by atoms with van der Waals surface area (Å²) < 4.78 is 4.89. The molecule has 2 heterocycles. The van der Waals surface area contributed by atoms with Crippen LogP contribution in [-0.2, 0) is 22.5 Å². The van der Waals surface area contributed by atoms with Gasteiger partial charge in [0.05, 0.1) is 0 Å². The van der Waals surface area contributed by atoms with E-state index in [2.05, 4.69) is 4.98 Å². The second-order valence-corrected chi connectivity index (χ2v) is 5.41. The maximum atomic E-state index is 12.2. The predicted molar refractivity (Wildman–Crippen MR) is 83.5 cm³/mol. The van der Waals surface area contributed by atoms with E-state index in [4.69, 9.17) is 4.74 Å². The Bertz CT molecular complexity index is 871. The third kappa shape index (κ3) is 3.43. The van der Waals surface area contributed by atoms with Crippen LogP contribution in [0.2, 0.25) is 0 Å². The maximum absolute atomic E-state index is 12.2. The smallest absolute Gasteiger partial charge is 0.355 e. The van der Waals surface area contributed by atoms with Gasteiger partial charge in [-0.1, -0.05) is 24.3 Å². The van der Waals surface area contributed by atoms with E-state index in [1.165, 1.54) is 5.56 Å². The molecule has 0 spiro atoms. The highest BCUT2D eigenvalue weighted by atomic mass is 16.5. The number of esters is 1. The van der Waals surface area contributed by atoms with E-state index in [9.17, 15) is 19.2 Å². The number of amides is 1. The molecule has 2 aromatic rings. The van der Waals surface area contributed by atoms with Gasteiger partial charge in [0, 0.05) is 19.2 Å². The first-order valence-electron chi connectivity index (χ1n) is 7.38. The van der Waals surface area contributed by atoms with Crippen LogP contribution in [0.1, 0.15) is 21.6 Å². The van der Waals surface area contributed by atoms with Crippen molar-refractivity contribution in [3.05, 3.63) is 68.0 Å². The van der Waals surface area contributed by atoms with E-state index in [0.717, 1.165) is 18.1 Å². The van der Waals surface area contributed by atoms with Gasteiger partial charge in [-0.2, -0.15) is 0 Å². The van der Waals surface area contributed by atoms with Crippen molar-refractivity contribution < 1.29 is 14.3 Å². The van der Waals surface area contributed by atoms with Crippen LogP contribution in [0.3, 0.4) is 0 Å². The first-order valence-corrected chi connectivity index (χ1v) is 7.38. The van der Waals surface area contributed by atoms with Crippen LogP contribution in [0.15, 0.2) is 39.9 Å². The van der Waals surface area contributed by atoms with Gasteiger partial charge in [0.15, 0.2) is 6.61 Å². The molecule has 1 amide bonds. The monoisotopic (exact) mass is 329 g/mol. The first-order chi connectivity index (χ1) is 11.5. The molecule has 0 aliphatic carbocycles. The summed E-state index contributed by atoms with van der Waals surface area (Å²) in [5, 5.41) is 0. The molecule has 0 fully saturated rings. The minimum absolute atomic E-state index is 0.291. The molecular formula is C16H15N3O5. The van der Waals surface area contributed by atoms with E-state index in [-0.39, 0.29) is 11.6 Å². The fourth-order valence-corrected chi connectivity index (χ4v) is 2.58. The lowest BCUT2D eigenvalue weighted by atomic mass is 10.00. The zero-order valence-corrected chi connectivity index (χ0v) is 12.7. The number of benzene rings is 1. The molecule has 0 atom stereocenters. The highest BCUT2D eigenvalue weighted by Gasteiger charge is 2.21. The molecule has 1 aromatic heterocycles. The largest absolute Gasteiger partial charge is 0.451 e. The molecule has 8 heteroatoms. The Balaban J connectivity index is 1.61. The van der Waals surface area contributed by atoms with Crippen molar-refractivity contribution in [2.24, 2.45) is 0 Å². The second-order valence-electron chi connectivity index (χ2n) is 5.41. The van der Waals surface area contributed by atoms with Crippen molar-refractivity contribution in [3.63, 3.8) is 0 Å². The number of H-pyrrole nitrogens is 2. The molecule has 3 rings (SSSR count). The lowest BCUT2D eigenvalue weighted by Gasteiger charge is -2.28. The van der Waals surface area contributed by atoms with Gasteiger partial charge in [0.2, 0.25) is 0 Å². The summed E-state index contributed by atoms with van der Waals surface area (Å²) in [4.78, 5) is 52.0. The number of carbonyl (C=O) groups excluding carboxylic acids is 2. The Hall–Kier alpha value is -3.16. The van der Waals surface area contributed by atoms with Gasteiger partial charge in [-0.15, -0.1) is 0 Å². The number of nitrogens with zero attached hydrogens (tertiary/aromatic N) is 1. The maximum Gasteiger partial charge on any atom is 0.355 e. The molecule has 0 saturated carbocycles. The second kappa shape index (κ2) is 6.53. The van der Waals surface area contributed by atoms with Gasteiger partial charge < -0.3 is 14.6 Å². The number of ether oxygens (including phenoxy) is 1. The predicted octanol–water partition coefficient (Wildman–Crippen LogP) is -0.195.